The van der Waals surface area contributed by atoms with Crippen LogP contribution < -0.4 is 5.32 Å². The van der Waals surface area contributed by atoms with Gasteiger partial charge >= 0.3 is 0 Å². The van der Waals surface area contributed by atoms with Gasteiger partial charge in [0.1, 0.15) is 5.01 Å². The van der Waals surface area contributed by atoms with Gasteiger partial charge in [0.2, 0.25) is 11.8 Å². The molecule has 2 aromatic carbocycles. The molecule has 2 fully saturated rings. The van der Waals surface area contributed by atoms with Crippen molar-refractivity contribution in [3.05, 3.63) is 64.7 Å². The van der Waals surface area contributed by atoms with Gasteiger partial charge in [0.15, 0.2) is 0 Å². The maximum atomic E-state index is 13.3. The highest BCUT2D eigenvalue weighted by atomic mass is 32.1. The van der Waals surface area contributed by atoms with E-state index in [2.05, 4.69) is 42.6 Å². The van der Waals surface area contributed by atoms with Crippen LogP contribution in [0.5, 0.6) is 0 Å². The van der Waals surface area contributed by atoms with Crippen LogP contribution in [0, 0.1) is 6.92 Å². The third kappa shape index (κ3) is 4.29. The van der Waals surface area contributed by atoms with E-state index in [1.165, 1.54) is 15.8 Å². The molecule has 1 aromatic heterocycles. The summed E-state index contributed by atoms with van der Waals surface area (Å²) in [4.78, 5) is 32.3. The Balaban J connectivity index is 1.29. The first kappa shape index (κ1) is 21.1. The van der Waals surface area contributed by atoms with Crippen LogP contribution in [0.15, 0.2) is 48.5 Å². The first-order valence-corrected chi connectivity index (χ1v) is 12.3. The summed E-state index contributed by atoms with van der Waals surface area (Å²) in [6.07, 6.45) is 5.20. The van der Waals surface area contributed by atoms with E-state index in [9.17, 15) is 9.59 Å². The van der Waals surface area contributed by atoms with Crippen LogP contribution in [0.4, 0.5) is 0 Å². The quantitative estimate of drug-likeness (QED) is 0.582. The number of amides is 2. The topological polar surface area (TPSA) is 62.3 Å². The van der Waals surface area contributed by atoms with E-state index in [4.69, 9.17) is 4.98 Å². The van der Waals surface area contributed by atoms with Gasteiger partial charge in [-0.2, -0.15) is 0 Å². The van der Waals surface area contributed by atoms with E-state index in [0.717, 1.165) is 42.8 Å². The Labute approximate surface area is 192 Å². The summed E-state index contributed by atoms with van der Waals surface area (Å²) in [5.74, 6) is 0.272. The molecule has 0 bridgehead atoms. The molecule has 0 radical (unpaired) electrons. The van der Waals surface area contributed by atoms with E-state index in [0.29, 0.717) is 19.3 Å². The average Bonchev–Trinajstić information content (AvgIpc) is 3.52. The van der Waals surface area contributed by atoms with Crippen LogP contribution in [-0.4, -0.2) is 33.8 Å². The number of aryl methyl sites for hydroxylation is 1. The van der Waals surface area contributed by atoms with Gasteiger partial charge in [-0.05, 0) is 56.7 Å². The standard InChI is InChI=1S/C26H29N3O2S/c1-18-8-10-19(11-9-18)17-26(14-12-23(30)28-26)15-13-24(31)29-16-4-6-21(29)25-27-20-5-2-3-7-22(20)32-25/h2-3,5,7-11,21H,4,6,12-17H2,1H3,(H,28,30)/t21-,26-/m1/s1. The molecular weight excluding hydrogens is 418 g/mol. The zero-order chi connectivity index (χ0) is 22.1. The summed E-state index contributed by atoms with van der Waals surface area (Å²) in [5, 5.41) is 4.26. The number of nitrogens with zero attached hydrogens (tertiary/aromatic N) is 2. The number of benzene rings is 2. The Bertz CT molecular complexity index is 1110. The second-order valence-corrected chi connectivity index (χ2v) is 10.3. The maximum Gasteiger partial charge on any atom is 0.223 e. The largest absolute Gasteiger partial charge is 0.350 e. The van der Waals surface area contributed by atoms with Crippen molar-refractivity contribution >= 4 is 33.4 Å². The maximum absolute atomic E-state index is 13.3. The number of para-hydroxylation sites is 1. The molecule has 1 N–H and O–H groups in total. The second kappa shape index (κ2) is 8.66. The minimum Gasteiger partial charge on any atom is -0.350 e. The lowest BCUT2D eigenvalue weighted by atomic mass is 9.84. The van der Waals surface area contributed by atoms with Gasteiger partial charge in [-0.1, -0.05) is 42.0 Å². The molecule has 2 atom stereocenters. The number of hydrogen-bond donors (Lipinski definition) is 1. The van der Waals surface area contributed by atoms with E-state index < -0.39 is 0 Å². The zero-order valence-electron chi connectivity index (χ0n) is 18.5. The van der Waals surface area contributed by atoms with Crippen molar-refractivity contribution < 1.29 is 9.59 Å². The molecule has 0 unspecified atom stereocenters. The first-order valence-electron chi connectivity index (χ1n) is 11.5. The lowest BCUT2D eigenvalue weighted by Gasteiger charge is -2.31. The second-order valence-electron chi connectivity index (χ2n) is 9.26. The Hall–Kier alpha value is -2.73. The number of carbonyl (C=O) groups is 2. The van der Waals surface area contributed by atoms with Crippen molar-refractivity contribution in [3.8, 4) is 0 Å². The highest BCUT2D eigenvalue weighted by Crippen LogP contribution is 2.38. The fraction of sp³-hybridized carbons (Fsp3) is 0.423. The molecule has 2 aliphatic rings. The van der Waals surface area contributed by atoms with Gasteiger partial charge in [0.25, 0.3) is 0 Å². The summed E-state index contributed by atoms with van der Waals surface area (Å²) in [5.41, 5.74) is 3.12. The van der Waals surface area contributed by atoms with Crippen molar-refractivity contribution in [1.82, 2.24) is 15.2 Å². The smallest absolute Gasteiger partial charge is 0.223 e. The molecule has 2 amide bonds. The van der Waals surface area contributed by atoms with Gasteiger partial charge in [0.05, 0.1) is 16.3 Å². The van der Waals surface area contributed by atoms with Crippen LogP contribution in [0.25, 0.3) is 10.2 Å². The van der Waals surface area contributed by atoms with Crippen molar-refractivity contribution in [2.24, 2.45) is 0 Å². The SMILES string of the molecule is Cc1ccc(C[C@]2(CCC(=O)N3CCC[C@@H]3c3nc4ccccc4s3)CCC(=O)N2)cc1. The minimum atomic E-state index is -0.326. The lowest BCUT2D eigenvalue weighted by molar-refractivity contribution is -0.132. The monoisotopic (exact) mass is 447 g/mol. The van der Waals surface area contributed by atoms with Gasteiger partial charge in [-0.15, -0.1) is 11.3 Å². The van der Waals surface area contributed by atoms with Crippen molar-refractivity contribution in [3.63, 3.8) is 0 Å². The van der Waals surface area contributed by atoms with Crippen LogP contribution in [-0.2, 0) is 16.0 Å². The molecule has 0 saturated carbocycles. The van der Waals surface area contributed by atoms with Crippen LogP contribution >= 0.6 is 11.3 Å². The molecule has 32 heavy (non-hydrogen) atoms. The molecule has 3 heterocycles. The minimum absolute atomic E-state index is 0.0751. The fourth-order valence-corrected chi connectivity index (χ4v) is 6.24. The Kier molecular flexibility index (Phi) is 5.72. The van der Waals surface area contributed by atoms with Gasteiger partial charge in [-0.25, -0.2) is 4.98 Å². The van der Waals surface area contributed by atoms with E-state index in [1.54, 1.807) is 11.3 Å². The normalized spacial score (nSPS) is 23.1. The molecule has 0 spiro atoms. The average molecular weight is 448 g/mol. The van der Waals surface area contributed by atoms with E-state index >= 15 is 0 Å². The predicted molar refractivity (Wildman–Crippen MR) is 128 cm³/mol. The third-order valence-corrected chi connectivity index (χ3v) is 8.02. The highest BCUT2D eigenvalue weighted by molar-refractivity contribution is 7.18. The van der Waals surface area contributed by atoms with Crippen LogP contribution in [0.2, 0.25) is 0 Å². The van der Waals surface area contributed by atoms with Gasteiger partial charge in [-0.3, -0.25) is 9.59 Å². The van der Waals surface area contributed by atoms with E-state index in [-0.39, 0.29) is 23.4 Å². The number of nitrogens with one attached hydrogen (secondary N) is 1. The summed E-state index contributed by atoms with van der Waals surface area (Å²) in [6.45, 7) is 2.87. The Morgan fingerprint density at radius 1 is 1.22 bits per heavy atom. The highest BCUT2D eigenvalue weighted by Gasteiger charge is 2.39. The summed E-state index contributed by atoms with van der Waals surface area (Å²) in [7, 11) is 0. The predicted octanol–water partition coefficient (Wildman–Crippen LogP) is 4.94. The zero-order valence-corrected chi connectivity index (χ0v) is 19.3. The number of thiazole rings is 1. The number of carbonyl (C=O) groups excluding carboxylic acids is 2. The molecule has 6 heteroatoms. The summed E-state index contributed by atoms with van der Waals surface area (Å²) >= 11 is 1.70. The van der Waals surface area contributed by atoms with Crippen molar-refractivity contribution in [2.75, 3.05) is 6.54 Å². The van der Waals surface area contributed by atoms with E-state index in [1.807, 2.05) is 23.1 Å². The summed E-state index contributed by atoms with van der Waals surface area (Å²) in [6, 6.07) is 16.7. The molecule has 166 valence electrons. The number of likely N-dealkylation sites (tertiary alicyclic amines) is 1. The van der Waals surface area contributed by atoms with Crippen LogP contribution in [0.3, 0.4) is 0 Å². The Morgan fingerprint density at radius 3 is 2.78 bits per heavy atom. The lowest BCUT2D eigenvalue weighted by Crippen LogP contribution is -2.44. The van der Waals surface area contributed by atoms with Crippen molar-refractivity contribution in [2.45, 2.75) is 63.5 Å². The molecule has 5 nitrogen and oxygen atoms in total. The number of fused-ring (bicyclic) bond motifs is 1. The molecule has 0 aliphatic carbocycles. The number of aromatic nitrogens is 1. The van der Waals surface area contributed by atoms with Crippen LogP contribution in [0.1, 0.15) is 60.7 Å². The number of rotatable bonds is 6. The molecule has 3 aromatic rings. The first-order chi connectivity index (χ1) is 15.5. The number of hydrogen-bond acceptors (Lipinski definition) is 4. The Morgan fingerprint density at radius 2 is 2.03 bits per heavy atom. The molecule has 2 aliphatic heterocycles. The van der Waals surface area contributed by atoms with Gasteiger partial charge in [0, 0.05) is 24.9 Å². The molecule has 5 rings (SSSR count). The molecule has 2 saturated heterocycles. The molecular formula is C26H29N3O2S. The van der Waals surface area contributed by atoms with Crippen molar-refractivity contribution in [1.29, 1.82) is 0 Å². The fourth-order valence-electron chi connectivity index (χ4n) is 5.12. The third-order valence-electron chi connectivity index (χ3n) is 6.88. The summed E-state index contributed by atoms with van der Waals surface area (Å²) < 4.78 is 1.17. The van der Waals surface area contributed by atoms with Gasteiger partial charge < -0.3 is 10.2 Å².